The second kappa shape index (κ2) is 7.90. The van der Waals surface area contributed by atoms with E-state index < -0.39 is 11.9 Å². The average molecular weight is 364 g/mol. The highest BCUT2D eigenvalue weighted by atomic mass is 35.5. The summed E-state index contributed by atoms with van der Waals surface area (Å²) in [6, 6.07) is 8.10. The number of methoxy groups -OCH3 is 1. The van der Waals surface area contributed by atoms with Gasteiger partial charge in [0.1, 0.15) is 5.75 Å². The van der Waals surface area contributed by atoms with Crippen LogP contribution in [0.3, 0.4) is 0 Å². The smallest absolute Gasteiger partial charge is 0.335 e. The maximum absolute atomic E-state index is 12.2. The minimum Gasteiger partial charge on any atom is -0.493 e. The van der Waals surface area contributed by atoms with Gasteiger partial charge in [-0.3, -0.25) is 4.79 Å². The number of carboxylic acids is 1. The topological polar surface area (TPSA) is 84.9 Å². The van der Waals surface area contributed by atoms with E-state index in [1.807, 2.05) is 26.0 Å². The van der Waals surface area contributed by atoms with Crippen LogP contribution in [-0.4, -0.2) is 30.7 Å². The van der Waals surface area contributed by atoms with Gasteiger partial charge in [-0.15, -0.1) is 0 Å². The molecule has 1 amide bonds. The number of carbonyl (C=O) groups excluding carboxylic acids is 1. The maximum Gasteiger partial charge on any atom is 0.335 e. The molecule has 2 rings (SSSR count). The molecule has 0 heterocycles. The third kappa shape index (κ3) is 4.42. The number of nitrogens with one attached hydrogen (secondary N) is 1. The summed E-state index contributed by atoms with van der Waals surface area (Å²) in [6.45, 7) is 3.62. The Labute approximate surface area is 150 Å². The van der Waals surface area contributed by atoms with E-state index in [4.69, 9.17) is 26.2 Å². The Hall–Kier alpha value is -2.73. The van der Waals surface area contributed by atoms with Crippen LogP contribution < -0.4 is 14.8 Å². The van der Waals surface area contributed by atoms with Gasteiger partial charge in [-0.25, -0.2) is 4.79 Å². The molecule has 2 aromatic carbocycles. The quantitative estimate of drug-likeness (QED) is 0.817. The third-order valence-electron chi connectivity index (χ3n) is 3.68. The molecule has 0 spiro atoms. The molecule has 7 heteroatoms. The molecule has 25 heavy (non-hydrogen) atoms. The van der Waals surface area contributed by atoms with Crippen LogP contribution in [0.15, 0.2) is 30.3 Å². The van der Waals surface area contributed by atoms with Crippen molar-refractivity contribution in [3.63, 3.8) is 0 Å². The van der Waals surface area contributed by atoms with Crippen LogP contribution in [0.5, 0.6) is 11.5 Å². The molecule has 6 nitrogen and oxygen atoms in total. The molecule has 0 atom stereocenters. The zero-order valence-corrected chi connectivity index (χ0v) is 14.8. The van der Waals surface area contributed by atoms with Crippen LogP contribution >= 0.6 is 11.6 Å². The van der Waals surface area contributed by atoms with Crippen LogP contribution in [0.25, 0.3) is 0 Å². The first-order valence-corrected chi connectivity index (χ1v) is 7.81. The lowest BCUT2D eigenvalue weighted by Crippen LogP contribution is -2.21. The number of aromatic carboxylic acids is 1. The number of aryl methyl sites for hydroxylation is 1. The zero-order valence-electron chi connectivity index (χ0n) is 14.1. The molecule has 0 fully saturated rings. The van der Waals surface area contributed by atoms with Crippen molar-refractivity contribution >= 4 is 29.2 Å². The van der Waals surface area contributed by atoms with E-state index in [-0.39, 0.29) is 28.6 Å². The van der Waals surface area contributed by atoms with Crippen molar-refractivity contribution in [2.45, 2.75) is 13.8 Å². The number of carbonyl (C=O) groups is 2. The van der Waals surface area contributed by atoms with E-state index >= 15 is 0 Å². The molecule has 0 saturated carbocycles. The predicted octanol–water partition coefficient (Wildman–Crippen LogP) is 3.68. The van der Waals surface area contributed by atoms with Gasteiger partial charge in [0.15, 0.2) is 12.4 Å². The van der Waals surface area contributed by atoms with Gasteiger partial charge in [-0.05, 0) is 43.2 Å². The lowest BCUT2D eigenvalue weighted by atomic mass is 10.1. The van der Waals surface area contributed by atoms with E-state index in [9.17, 15) is 9.59 Å². The van der Waals surface area contributed by atoms with Crippen molar-refractivity contribution in [3.8, 4) is 11.5 Å². The minimum absolute atomic E-state index is 0.0588. The monoisotopic (exact) mass is 363 g/mol. The molecular weight excluding hydrogens is 346 g/mol. The van der Waals surface area contributed by atoms with Crippen molar-refractivity contribution < 1.29 is 24.2 Å². The highest BCUT2D eigenvalue weighted by Gasteiger charge is 2.16. The van der Waals surface area contributed by atoms with Crippen LogP contribution in [0.4, 0.5) is 5.69 Å². The van der Waals surface area contributed by atoms with Gasteiger partial charge in [0, 0.05) is 0 Å². The van der Waals surface area contributed by atoms with Gasteiger partial charge in [0.2, 0.25) is 0 Å². The number of benzene rings is 2. The minimum atomic E-state index is -1.16. The number of rotatable bonds is 6. The fourth-order valence-corrected chi connectivity index (χ4v) is 2.52. The van der Waals surface area contributed by atoms with Gasteiger partial charge < -0.3 is 19.9 Å². The first-order valence-electron chi connectivity index (χ1n) is 7.43. The Kier molecular flexibility index (Phi) is 5.88. The molecule has 0 radical (unpaired) electrons. The predicted molar refractivity (Wildman–Crippen MR) is 95.0 cm³/mol. The first kappa shape index (κ1) is 18.6. The summed E-state index contributed by atoms with van der Waals surface area (Å²) >= 11 is 6.00. The van der Waals surface area contributed by atoms with Crippen LogP contribution in [-0.2, 0) is 4.79 Å². The molecule has 132 valence electrons. The van der Waals surface area contributed by atoms with E-state index in [0.29, 0.717) is 5.75 Å². The zero-order chi connectivity index (χ0) is 18.6. The Balaban J connectivity index is 2.14. The molecule has 0 aromatic heterocycles. The molecule has 0 bridgehead atoms. The second-order valence-electron chi connectivity index (χ2n) is 5.38. The molecule has 0 saturated heterocycles. The Bertz CT molecular complexity index is 819. The van der Waals surface area contributed by atoms with Crippen LogP contribution in [0, 0.1) is 13.8 Å². The molecule has 0 aliphatic rings. The van der Waals surface area contributed by atoms with E-state index in [0.717, 1.165) is 11.1 Å². The van der Waals surface area contributed by atoms with Crippen molar-refractivity contribution in [2.75, 3.05) is 19.0 Å². The summed E-state index contributed by atoms with van der Waals surface area (Å²) in [7, 11) is 1.38. The molecule has 0 aliphatic heterocycles. The first-order chi connectivity index (χ1) is 11.8. The second-order valence-corrected chi connectivity index (χ2v) is 5.79. The Morgan fingerprint density at radius 3 is 2.60 bits per heavy atom. The lowest BCUT2D eigenvalue weighted by Gasteiger charge is -2.14. The van der Waals surface area contributed by atoms with Gasteiger partial charge >= 0.3 is 5.97 Å². The normalized spacial score (nSPS) is 10.2. The van der Waals surface area contributed by atoms with Gasteiger partial charge in [-0.2, -0.15) is 0 Å². The number of hydrogen-bond donors (Lipinski definition) is 2. The molecule has 2 aromatic rings. The van der Waals surface area contributed by atoms with E-state index in [1.54, 1.807) is 6.07 Å². The largest absolute Gasteiger partial charge is 0.493 e. The summed E-state index contributed by atoms with van der Waals surface area (Å²) < 4.78 is 10.7. The molecule has 2 N–H and O–H groups in total. The number of anilines is 1. The third-order valence-corrected chi connectivity index (χ3v) is 3.96. The highest BCUT2D eigenvalue weighted by Crippen LogP contribution is 2.34. The number of halogens is 1. The van der Waals surface area contributed by atoms with Gasteiger partial charge in [0.25, 0.3) is 5.91 Å². The summed E-state index contributed by atoms with van der Waals surface area (Å²) in [6.07, 6.45) is 0. The molecular formula is C18H18ClNO5. The molecule has 0 aliphatic carbocycles. The SMILES string of the molecule is COc1c(Cl)cc(C(=O)O)cc1NC(=O)COc1cccc(C)c1C. The van der Waals surface area contributed by atoms with Crippen LogP contribution in [0.2, 0.25) is 5.02 Å². The summed E-state index contributed by atoms with van der Waals surface area (Å²) in [5.41, 5.74) is 2.11. The number of hydrogen-bond acceptors (Lipinski definition) is 4. The highest BCUT2D eigenvalue weighted by molar-refractivity contribution is 6.33. The van der Waals surface area contributed by atoms with Crippen molar-refractivity contribution in [1.82, 2.24) is 0 Å². The number of carboxylic acid groups (broad SMARTS) is 1. The number of amides is 1. The lowest BCUT2D eigenvalue weighted by molar-refractivity contribution is -0.118. The number of ether oxygens (including phenoxy) is 2. The summed E-state index contributed by atoms with van der Waals surface area (Å²) in [5.74, 6) is -0.823. The standard InChI is InChI=1S/C18H18ClNO5/c1-10-5-4-6-15(11(10)2)25-9-16(21)20-14-8-12(18(22)23)7-13(19)17(14)24-3/h4-8H,9H2,1-3H3,(H,20,21)(H,22,23). The fraction of sp³-hybridized carbons (Fsp3) is 0.222. The maximum atomic E-state index is 12.2. The van der Waals surface area contributed by atoms with E-state index in [1.165, 1.54) is 19.2 Å². The van der Waals surface area contributed by atoms with Crippen molar-refractivity contribution in [2.24, 2.45) is 0 Å². The van der Waals surface area contributed by atoms with Crippen molar-refractivity contribution in [3.05, 3.63) is 52.0 Å². The summed E-state index contributed by atoms with van der Waals surface area (Å²) in [5, 5.41) is 11.8. The Morgan fingerprint density at radius 2 is 1.96 bits per heavy atom. The Morgan fingerprint density at radius 1 is 1.24 bits per heavy atom. The van der Waals surface area contributed by atoms with E-state index in [2.05, 4.69) is 5.32 Å². The van der Waals surface area contributed by atoms with Crippen LogP contribution in [0.1, 0.15) is 21.5 Å². The van der Waals surface area contributed by atoms with Crippen molar-refractivity contribution in [1.29, 1.82) is 0 Å². The fourth-order valence-electron chi connectivity index (χ4n) is 2.23. The average Bonchev–Trinajstić information content (AvgIpc) is 2.56. The van der Waals surface area contributed by atoms with Gasteiger partial charge in [-0.1, -0.05) is 23.7 Å². The summed E-state index contributed by atoms with van der Waals surface area (Å²) in [4.78, 5) is 23.3. The molecule has 0 unspecified atom stereocenters. The van der Waals surface area contributed by atoms with Gasteiger partial charge in [0.05, 0.1) is 23.4 Å².